The summed E-state index contributed by atoms with van der Waals surface area (Å²) >= 11 is 0. The summed E-state index contributed by atoms with van der Waals surface area (Å²) in [6.45, 7) is 5.74. The fourth-order valence-electron chi connectivity index (χ4n) is 1.68. The highest BCUT2D eigenvalue weighted by molar-refractivity contribution is 5.49. The SMILES string of the molecule is CC(C)(CCC=O)COC1CCCCO1. The van der Waals surface area contributed by atoms with Gasteiger partial charge in [0.1, 0.15) is 6.29 Å². The summed E-state index contributed by atoms with van der Waals surface area (Å²) in [5.74, 6) is 0. The maximum absolute atomic E-state index is 10.3. The molecule has 1 aliphatic rings. The van der Waals surface area contributed by atoms with Crippen LogP contribution < -0.4 is 0 Å². The van der Waals surface area contributed by atoms with Gasteiger partial charge in [-0.3, -0.25) is 0 Å². The molecule has 0 radical (unpaired) electrons. The maximum Gasteiger partial charge on any atom is 0.157 e. The van der Waals surface area contributed by atoms with Gasteiger partial charge in [0.05, 0.1) is 6.61 Å². The van der Waals surface area contributed by atoms with Crippen LogP contribution in [0.4, 0.5) is 0 Å². The Labute approximate surface area is 92.1 Å². The zero-order valence-corrected chi connectivity index (χ0v) is 9.83. The van der Waals surface area contributed by atoms with E-state index in [0.29, 0.717) is 13.0 Å². The van der Waals surface area contributed by atoms with Crippen LogP contribution in [-0.4, -0.2) is 25.8 Å². The van der Waals surface area contributed by atoms with E-state index in [-0.39, 0.29) is 11.7 Å². The predicted octanol–water partition coefficient (Wildman–Crippen LogP) is 2.53. The molecular weight excluding hydrogens is 192 g/mol. The minimum atomic E-state index is -0.0192. The van der Waals surface area contributed by atoms with Crippen LogP contribution in [0.15, 0.2) is 0 Å². The Balaban J connectivity index is 2.18. The summed E-state index contributed by atoms with van der Waals surface area (Å²) in [7, 11) is 0. The van der Waals surface area contributed by atoms with Crippen molar-refractivity contribution < 1.29 is 14.3 Å². The first-order valence-electron chi connectivity index (χ1n) is 5.81. The summed E-state index contributed by atoms with van der Waals surface area (Å²) in [5, 5.41) is 0. The third kappa shape index (κ3) is 5.28. The molecule has 1 fully saturated rings. The van der Waals surface area contributed by atoms with E-state index >= 15 is 0 Å². The Morgan fingerprint density at radius 1 is 1.47 bits per heavy atom. The van der Waals surface area contributed by atoms with E-state index in [4.69, 9.17) is 9.47 Å². The van der Waals surface area contributed by atoms with Crippen molar-refractivity contribution in [2.24, 2.45) is 5.41 Å². The predicted molar refractivity (Wildman–Crippen MR) is 58.6 cm³/mol. The Hall–Kier alpha value is -0.410. The minimum Gasteiger partial charge on any atom is -0.353 e. The number of carbonyl (C=O) groups is 1. The number of hydrogen-bond donors (Lipinski definition) is 0. The lowest BCUT2D eigenvalue weighted by Crippen LogP contribution is -2.28. The molecule has 0 bridgehead atoms. The van der Waals surface area contributed by atoms with Gasteiger partial charge in [0.2, 0.25) is 0 Å². The van der Waals surface area contributed by atoms with Gasteiger partial charge in [0, 0.05) is 13.0 Å². The average molecular weight is 214 g/mol. The van der Waals surface area contributed by atoms with Crippen molar-refractivity contribution in [1.82, 2.24) is 0 Å². The molecule has 88 valence electrons. The van der Waals surface area contributed by atoms with E-state index < -0.39 is 0 Å². The van der Waals surface area contributed by atoms with Gasteiger partial charge >= 0.3 is 0 Å². The first-order chi connectivity index (χ1) is 7.14. The quantitative estimate of drug-likeness (QED) is 0.637. The summed E-state index contributed by atoms with van der Waals surface area (Å²) in [5.41, 5.74) is 0.0711. The molecule has 3 nitrogen and oxygen atoms in total. The Bertz CT molecular complexity index is 183. The molecule has 0 saturated carbocycles. The number of rotatable bonds is 6. The first kappa shape index (κ1) is 12.7. The number of ether oxygens (including phenoxy) is 2. The van der Waals surface area contributed by atoms with Crippen molar-refractivity contribution >= 4 is 6.29 Å². The van der Waals surface area contributed by atoms with Crippen molar-refractivity contribution in [3.63, 3.8) is 0 Å². The molecule has 0 aromatic heterocycles. The molecule has 1 heterocycles. The minimum absolute atomic E-state index is 0.0192. The van der Waals surface area contributed by atoms with Gasteiger partial charge in [-0.15, -0.1) is 0 Å². The van der Waals surface area contributed by atoms with Crippen LogP contribution in [0.25, 0.3) is 0 Å². The Morgan fingerprint density at radius 3 is 2.87 bits per heavy atom. The summed E-state index contributed by atoms with van der Waals surface area (Å²) in [6.07, 6.45) is 5.79. The number of carbonyl (C=O) groups excluding carboxylic acids is 1. The molecule has 3 heteroatoms. The van der Waals surface area contributed by atoms with Crippen LogP contribution in [0.3, 0.4) is 0 Å². The van der Waals surface area contributed by atoms with Crippen LogP contribution in [0, 0.1) is 5.41 Å². The zero-order chi connectivity index (χ0) is 11.1. The van der Waals surface area contributed by atoms with Gasteiger partial charge in [0.25, 0.3) is 0 Å². The molecule has 1 atom stereocenters. The van der Waals surface area contributed by atoms with Crippen LogP contribution in [0.2, 0.25) is 0 Å². The molecule has 0 aliphatic carbocycles. The van der Waals surface area contributed by atoms with E-state index in [2.05, 4.69) is 13.8 Å². The largest absolute Gasteiger partial charge is 0.353 e. The third-order valence-corrected chi connectivity index (χ3v) is 2.74. The molecule has 15 heavy (non-hydrogen) atoms. The average Bonchev–Trinajstić information content (AvgIpc) is 2.25. The van der Waals surface area contributed by atoms with Crippen LogP contribution in [0.1, 0.15) is 46.0 Å². The Kier molecular flexibility index (Phi) is 5.26. The van der Waals surface area contributed by atoms with Crippen molar-refractivity contribution in [3.8, 4) is 0 Å². The molecule has 0 amide bonds. The lowest BCUT2D eigenvalue weighted by Gasteiger charge is -2.29. The summed E-state index contributed by atoms with van der Waals surface area (Å²) < 4.78 is 11.2. The maximum atomic E-state index is 10.3. The lowest BCUT2D eigenvalue weighted by molar-refractivity contribution is -0.176. The molecular formula is C12H22O3. The second-order valence-corrected chi connectivity index (χ2v) is 4.98. The topological polar surface area (TPSA) is 35.5 Å². The highest BCUT2D eigenvalue weighted by Crippen LogP contribution is 2.24. The normalized spacial score (nSPS) is 22.7. The van der Waals surface area contributed by atoms with Gasteiger partial charge < -0.3 is 14.3 Å². The monoisotopic (exact) mass is 214 g/mol. The second-order valence-electron chi connectivity index (χ2n) is 4.98. The summed E-state index contributed by atoms with van der Waals surface area (Å²) in [6, 6.07) is 0. The fourth-order valence-corrected chi connectivity index (χ4v) is 1.68. The van der Waals surface area contributed by atoms with Gasteiger partial charge in [-0.05, 0) is 31.1 Å². The highest BCUT2D eigenvalue weighted by Gasteiger charge is 2.21. The van der Waals surface area contributed by atoms with E-state index in [0.717, 1.165) is 32.2 Å². The van der Waals surface area contributed by atoms with Gasteiger partial charge in [-0.25, -0.2) is 0 Å². The highest BCUT2D eigenvalue weighted by atomic mass is 16.7. The van der Waals surface area contributed by atoms with Gasteiger partial charge in [-0.1, -0.05) is 13.8 Å². The van der Waals surface area contributed by atoms with Gasteiger partial charge in [0.15, 0.2) is 6.29 Å². The number of hydrogen-bond acceptors (Lipinski definition) is 3. The van der Waals surface area contributed by atoms with E-state index in [9.17, 15) is 4.79 Å². The van der Waals surface area contributed by atoms with Crippen molar-refractivity contribution in [3.05, 3.63) is 0 Å². The first-order valence-corrected chi connectivity index (χ1v) is 5.81. The lowest BCUT2D eigenvalue weighted by atomic mass is 9.89. The zero-order valence-electron chi connectivity index (χ0n) is 9.83. The molecule has 0 aromatic rings. The molecule has 1 rings (SSSR count). The standard InChI is InChI=1S/C12H22O3/c1-12(2,7-5-8-13)10-15-11-6-3-4-9-14-11/h8,11H,3-7,9-10H2,1-2H3. The Morgan fingerprint density at radius 2 is 2.27 bits per heavy atom. The summed E-state index contributed by atoms with van der Waals surface area (Å²) in [4.78, 5) is 10.3. The number of aldehydes is 1. The van der Waals surface area contributed by atoms with Crippen LogP contribution in [0.5, 0.6) is 0 Å². The van der Waals surface area contributed by atoms with Crippen molar-refractivity contribution in [2.75, 3.05) is 13.2 Å². The molecule has 0 spiro atoms. The fraction of sp³-hybridized carbons (Fsp3) is 0.917. The van der Waals surface area contributed by atoms with E-state index in [1.807, 2.05) is 0 Å². The molecule has 1 aliphatic heterocycles. The molecule has 0 aromatic carbocycles. The van der Waals surface area contributed by atoms with E-state index in [1.165, 1.54) is 6.42 Å². The van der Waals surface area contributed by atoms with Gasteiger partial charge in [-0.2, -0.15) is 0 Å². The molecule has 1 unspecified atom stereocenters. The molecule has 0 N–H and O–H groups in total. The van der Waals surface area contributed by atoms with Crippen molar-refractivity contribution in [1.29, 1.82) is 0 Å². The second kappa shape index (κ2) is 6.23. The third-order valence-electron chi connectivity index (χ3n) is 2.74. The molecule has 1 saturated heterocycles. The van der Waals surface area contributed by atoms with Crippen LogP contribution >= 0.6 is 0 Å². The van der Waals surface area contributed by atoms with E-state index in [1.54, 1.807) is 0 Å². The van der Waals surface area contributed by atoms with Crippen LogP contribution in [-0.2, 0) is 14.3 Å². The smallest absolute Gasteiger partial charge is 0.157 e. The van der Waals surface area contributed by atoms with Crippen molar-refractivity contribution in [2.45, 2.75) is 52.2 Å².